The standard InChI is InChI=1S/C24H23N3O2/c1-2-23(28)27-14-13-20-18(9-6-10-19(20)16-27)15-25-24(29)22-12-11-21(26-22)17-7-4-3-5-8-17/h2-12,26H,1,13-16H2,(H,25,29). The number of fused-ring (bicyclic) bond motifs is 1. The molecule has 1 aliphatic heterocycles. The highest BCUT2D eigenvalue weighted by molar-refractivity contribution is 5.93. The lowest BCUT2D eigenvalue weighted by Gasteiger charge is -2.29. The lowest BCUT2D eigenvalue weighted by Crippen LogP contribution is -2.35. The van der Waals surface area contributed by atoms with Crippen LogP contribution in [0.4, 0.5) is 0 Å². The summed E-state index contributed by atoms with van der Waals surface area (Å²) >= 11 is 0. The Balaban J connectivity index is 1.44. The van der Waals surface area contributed by atoms with Crippen molar-refractivity contribution < 1.29 is 9.59 Å². The van der Waals surface area contributed by atoms with E-state index >= 15 is 0 Å². The fourth-order valence-corrected chi connectivity index (χ4v) is 3.76. The molecule has 146 valence electrons. The van der Waals surface area contributed by atoms with Crippen LogP contribution in [0.2, 0.25) is 0 Å². The fourth-order valence-electron chi connectivity index (χ4n) is 3.76. The first-order valence-corrected chi connectivity index (χ1v) is 9.69. The first kappa shape index (κ1) is 18.7. The Morgan fingerprint density at radius 3 is 2.69 bits per heavy atom. The maximum atomic E-state index is 12.6. The minimum Gasteiger partial charge on any atom is -0.351 e. The molecular weight excluding hydrogens is 362 g/mol. The highest BCUT2D eigenvalue weighted by Gasteiger charge is 2.21. The van der Waals surface area contributed by atoms with Crippen molar-refractivity contribution in [1.82, 2.24) is 15.2 Å². The van der Waals surface area contributed by atoms with E-state index in [1.165, 1.54) is 11.6 Å². The summed E-state index contributed by atoms with van der Waals surface area (Å²) in [5, 5.41) is 3.01. The predicted octanol–water partition coefficient (Wildman–Crippen LogP) is 3.68. The van der Waals surface area contributed by atoms with Crippen LogP contribution in [-0.4, -0.2) is 28.2 Å². The van der Waals surface area contributed by atoms with Crippen LogP contribution in [0.1, 0.15) is 27.2 Å². The molecule has 5 heteroatoms. The Morgan fingerprint density at radius 2 is 1.90 bits per heavy atom. The summed E-state index contributed by atoms with van der Waals surface area (Å²) in [4.78, 5) is 29.5. The summed E-state index contributed by atoms with van der Waals surface area (Å²) in [7, 11) is 0. The first-order valence-electron chi connectivity index (χ1n) is 9.69. The third kappa shape index (κ3) is 3.99. The zero-order chi connectivity index (χ0) is 20.2. The van der Waals surface area contributed by atoms with Gasteiger partial charge in [-0.2, -0.15) is 0 Å². The lowest BCUT2D eigenvalue weighted by atomic mass is 9.94. The van der Waals surface area contributed by atoms with Crippen LogP contribution in [0.5, 0.6) is 0 Å². The smallest absolute Gasteiger partial charge is 0.267 e. The van der Waals surface area contributed by atoms with Crippen molar-refractivity contribution >= 4 is 11.8 Å². The van der Waals surface area contributed by atoms with Crippen molar-refractivity contribution in [3.05, 3.63) is 95.7 Å². The SMILES string of the molecule is C=CC(=O)N1CCc2c(CNC(=O)c3ccc(-c4ccccc4)[nH]3)cccc2C1. The van der Waals surface area contributed by atoms with Crippen LogP contribution >= 0.6 is 0 Å². The van der Waals surface area contributed by atoms with Gasteiger partial charge in [0.05, 0.1) is 0 Å². The van der Waals surface area contributed by atoms with Gasteiger partial charge in [0, 0.05) is 25.3 Å². The summed E-state index contributed by atoms with van der Waals surface area (Å²) < 4.78 is 0. The van der Waals surface area contributed by atoms with Gasteiger partial charge in [0.15, 0.2) is 0 Å². The van der Waals surface area contributed by atoms with E-state index in [0.29, 0.717) is 25.3 Å². The topological polar surface area (TPSA) is 65.2 Å². The number of hydrogen-bond donors (Lipinski definition) is 2. The number of aromatic amines is 1. The lowest BCUT2D eigenvalue weighted by molar-refractivity contribution is -0.126. The number of carbonyl (C=O) groups is 2. The summed E-state index contributed by atoms with van der Waals surface area (Å²) in [6, 6.07) is 19.7. The fraction of sp³-hybridized carbons (Fsp3) is 0.167. The third-order valence-corrected chi connectivity index (χ3v) is 5.30. The van der Waals surface area contributed by atoms with Gasteiger partial charge >= 0.3 is 0 Å². The van der Waals surface area contributed by atoms with Crippen molar-refractivity contribution in [2.45, 2.75) is 19.5 Å². The third-order valence-electron chi connectivity index (χ3n) is 5.30. The van der Waals surface area contributed by atoms with E-state index in [0.717, 1.165) is 28.8 Å². The van der Waals surface area contributed by atoms with E-state index < -0.39 is 0 Å². The van der Waals surface area contributed by atoms with Gasteiger partial charge in [-0.1, -0.05) is 55.1 Å². The zero-order valence-electron chi connectivity index (χ0n) is 16.2. The Labute approximate surface area is 170 Å². The molecule has 0 atom stereocenters. The molecule has 0 fully saturated rings. The maximum absolute atomic E-state index is 12.6. The van der Waals surface area contributed by atoms with E-state index in [2.05, 4.69) is 16.9 Å². The second kappa shape index (κ2) is 8.19. The molecule has 0 radical (unpaired) electrons. The number of aromatic nitrogens is 1. The molecule has 1 aliphatic rings. The normalized spacial score (nSPS) is 12.9. The van der Waals surface area contributed by atoms with Gasteiger partial charge in [-0.3, -0.25) is 9.59 Å². The number of nitrogens with one attached hydrogen (secondary N) is 2. The summed E-state index contributed by atoms with van der Waals surface area (Å²) in [6.45, 7) is 5.27. The van der Waals surface area contributed by atoms with E-state index in [9.17, 15) is 9.59 Å². The van der Waals surface area contributed by atoms with Crippen molar-refractivity contribution in [3.8, 4) is 11.3 Å². The van der Waals surface area contributed by atoms with Crippen molar-refractivity contribution in [2.24, 2.45) is 0 Å². The molecule has 2 N–H and O–H groups in total. The number of carbonyl (C=O) groups excluding carboxylic acids is 2. The van der Waals surface area contributed by atoms with Crippen LogP contribution in [-0.2, 0) is 24.3 Å². The van der Waals surface area contributed by atoms with Crippen LogP contribution in [0.15, 0.2) is 73.3 Å². The Morgan fingerprint density at radius 1 is 1.07 bits per heavy atom. The summed E-state index contributed by atoms with van der Waals surface area (Å²) in [5.41, 5.74) is 5.94. The van der Waals surface area contributed by atoms with E-state index in [-0.39, 0.29) is 11.8 Å². The minimum absolute atomic E-state index is 0.0460. The second-order valence-corrected chi connectivity index (χ2v) is 7.10. The number of H-pyrrole nitrogens is 1. The number of benzene rings is 2. The molecule has 0 aliphatic carbocycles. The molecule has 2 amide bonds. The number of amides is 2. The molecule has 0 saturated carbocycles. The largest absolute Gasteiger partial charge is 0.351 e. The van der Waals surface area contributed by atoms with Gasteiger partial charge in [0.1, 0.15) is 5.69 Å². The maximum Gasteiger partial charge on any atom is 0.267 e. The highest BCUT2D eigenvalue weighted by Crippen LogP contribution is 2.23. The zero-order valence-corrected chi connectivity index (χ0v) is 16.2. The average Bonchev–Trinajstić information content (AvgIpc) is 3.27. The molecule has 5 nitrogen and oxygen atoms in total. The van der Waals surface area contributed by atoms with E-state index in [1.54, 1.807) is 11.0 Å². The predicted molar refractivity (Wildman–Crippen MR) is 113 cm³/mol. The van der Waals surface area contributed by atoms with Gasteiger partial charge in [0.25, 0.3) is 5.91 Å². The average molecular weight is 385 g/mol. The molecule has 1 aromatic heterocycles. The molecule has 2 aromatic carbocycles. The number of hydrogen-bond acceptors (Lipinski definition) is 2. The molecule has 4 rings (SSSR count). The van der Waals surface area contributed by atoms with Gasteiger partial charge in [-0.05, 0) is 46.9 Å². The second-order valence-electron chi connectivity index (χ2n) is 7.10. The van der Waals surface area contributed by atoms with Crippen molar-refractivity contribution in [3.63, 3.8) is 0 Å². The summed E-state index contributed by atoms with van der Waals surface area (Å²) in [5.74, 6) is -0.181. The Bertz CT molecular complexity index is 1050. The number of nitrogens with zero attached hydrogens (tertiary/aromatic N) is 1. The van der Waals surface area contributed by atoms with Crippen molar-refractivity contribution in [1.29, 1.82) is 0 Å². The molecule has 0 saturated heterocycles. The quantitative estimate of drug-likeness (QED) is 0.658. The first-order chi connectivity index (χ1) is 14.2. The number of rotatable bonds is 5. The van der Waals surface area contributed by atoms with Gasteiger partial charge in [-0.15, -0.1) is 0 Å². The van der Waals surface area contributed by atoms with E-state index in [1.807, 2.05) is 54.6 Å². The van der Waals surface area contributed by atoms with Crippen LogP contribution in [0, 0.1) is 0 Å². The molecule has 2 heterocycles. The molecule has 3 aromatic rings. The molecule has 29 heavy (non-hydrogen) atoms. The molecular formula is C24H23N3O2. The summed E-state index contributed by atoms with van der Waals surface area (Å²) in [6.07, 6.45) is 2.14. The van der Waals surface area contributed by atoms with Crippen LogP contribution in [0.25, 0.3) is 11.3 Å². The monoisotopic (exact) mass is 385 g/mol. The molecule has 0 spiro atoms. The Kier molecular flexibility index (Phi) is 5.29. The Hall–Kier alpha value is -3.60. The van der Waals surface area contributed by atoms with Gasteiger partial charge < -0.3 is 15.2 Å². The molecule has 0 unspecified atom stereocenters. The van der Waals surface area contributed by atoms with Gasteiger partial charge in [0.2, 0.25) is 5.91 Å². The van der Waals surface area contributed by atoms with Crippen molar-refractivity contribution in [2.75, 3.05) is 6.54 Å². The van der Waals surface area contributed by atoms with Gasteiger partial charge in [-0.25, -0.2) is 0 Å². The minimum atomic E-state index is -0.135. The van der Waals surface area contributed by atoms with E-state index in [4.69, 9.17) is 0 Å². The highest BCUT2D eigenvalue weighted by atomic mass is 16.2. The molecule has 0 bridgehead atoms. The van der Waals surface area contributed by atoms with Crippen LogP contribution < -0.4 is 5.32 Å². The van der Waals surface area contributed by atoms with Crippen LogP contribution in [0.3, 0.4) is 0 Å².